The van der Waals surface area contributed by atoms with Gasteiger partial charge in [0.1, 0.15) is 35.1 Å². The number of ether oxygens (including phenoxy) is 1. The average Bonchev–Trinajstić information content (AvgIpc) is 3.51. The first-order chi connectivity index (χ1) is 15.6. The first kappa shape index (κ1) is 20.1. The molecule has 1 aliphatic carbocycles. The average molecular weight is 449 g/mol. The zero-order valence-electron chi connectivity index (χ0n) is 18.7. The molecule has 3 atom stereocenters. The largest absolute Gasteiger partial charge is 0.366 e. The normalized spacial score (nSPS) is 24.0. The van der Waals surface area contributed by atoms with Crippen LogP contribution in [0.4, 0.5) is 17.3 Å². The van der Waals surface area contributed by atoms with Gasteiger partial charge in [0.15, 0.2) is 0 Å². The van der Waals surface area contributed by atoms with Gasteiger partial charge in [-0.25, -0.2) is 15.0 Å². The van der Waals surface area contributed by atoms with E-state index >= 15 is 0 Å². The van der Waals surface area contributed by atoms with E-state index in [4.69, 9.17) is 4.74 Å². The lowest BCUT2D eigenvalue weighted by atomic mass is 9.85. The molecule has 0 amide bonds. The van der Waals surface area contributed by atoms with Gasteiger partial charge in [0.25, 0.3) is 0 Å². The van der Waals surface area contributed by atoms with E-state index in [-0.39, 0.29) is 0 Å². The standard InChI is InChI=1S/C24H28N6OS/c1-4-30(3)24-20(31-24)14-5-6-17-18(9-14)32-23-19(17)22(27-12-28-23)29-16-8-15-7-13(2)10-25-21(15)26-11-16/h7-8,11-12,14,20,24H,4-6,9-10H2,1-3H3,(H,25,26)(H,27,28,29). The minimum absolute atomic E-state index is 0.293. The summed E-state index contributed by atoms with van der Waals surface area (Å²) in [5.41, 5.74) is 4.76. The van der Waals surface area contributed by atoms with E-state index in [1.54, 1.807) is 6.33 Å². The van der Waals surface area contributed by atoms with Crippen LogP contribution in [0.15, 0.2) is 24.2 Å². The maximum atomic E-state index is 6.03. The third kappa shape index (κ3) is 3.46. The second-order valence-corrected chi connectivity index (χ2v) is 10.2. The van der Waals surface area contributed by atoms with Crippen molar-refractivity contribution in [1.29, 1.82) is 0 Å². The second kappa shape index (κ2) is 7.79. The van der Waals surface area contributed by atoms with Gasteiger partial charge in [0, 0.05) is 17.0 Å². The lowest BCUT2D eigenvalue weighted by Gasteiger charge is -2.22. The number of aryl methyl sites for hydroxylation is 1. The van der Waals surface area contributed by atoms with Gasteiger partial charge in [0.05, 0.1) is 17.3 Å². The number of fused-ring (bicyclic) bond motifs is 4. The molecule has 3 unspecified atom stereocenters. The summed E-state index contributed by atoms with van der Waals surface area (Å²) in [6.07, 6.45) is 9.67. The molecule has 1 fully saturated rings. The van der Waals surface area contributed by atoms with Crippen LogP contribution in [-0.2, 0) is 17.6 Å². The van der Waals surface area contributed by atoms with Gasteiger partial charge < -0.3 is 15.4 Å². The number of rotatable bonds is 5. The molecule has 0 bridgehead atoms. The van der Waals surface area contributed by atoms with Crippen LogP contribution in [0.3, 0.4) is 0 Å². The topological polar surface area (TPSA) is 78.5 Å². The van der Waals surface area contributed by atoms with Gasteiger partial charge in [-0.05, 0) is 57.3 Å². The first-order valence-corrected chi connectivity index (χ1v) is 12.2. The number of aromatic nitrogens is 3. The minimum atomic E-state index is 0.293. The summed E-state index contributed by atoms with van der Waals surface area (Å²) in [6.45, 7) is 6.19. The SMILES string of the molecule is CCN(C)C1OC1C1CCc2c(sc3ncnc(Nc4cnc5c(c4)C=C(C)CN5)c23)C1. The van der Waals surface area contributed by atoms with Crippen molar-refractivity contribution in [3.63, 3.8) is 0 Å². The number of anilines is 3. The Kier molecular flexibility index (Phi) is 4.89. The van der Waals surface area contributed by atoms with Crippen LogP contribution in [0.1, 0.15) is 36.3 Å². The predicted molar refractivity (Wildman–Crippen MR) is 130 cm³/mol. The molecule has 5 heterocycles. The number of epoxide rings is 1. The highest BCUT2D eigenvalue weighted by Gasteiger charge is 2.47. The van der Waals surface area contributed by atoms with Crippen LogP contribution in [0.5, 0.6) is 0 Å². The van der Waals surface area contributed by atoms with E-state index in [1.807, 2.05) is 17.5 Å². The van der Waals surface area contributed by atoms with Crippen LogP contribution >= 0.6 is 11.3 Å². The summed E-state index contributed by atoms with van der Waals surface area (Å²) < 4.78 is 6.03. The second-order valence-electron chi connectivity index (χ2n) is 9.10. The molecule has 0 aromatic carbocycles. The lowest BCUT2D eigenvalue weighted by molar-refractivity contribution is 0.214. The molecule has 32 heavy (non-hydrogen) atoms. The molecule has 3 aromatic rings. The number of nitrogens with zero attached hydrogens (tertiary/aromatic N) is 4. The number of thiophene rings is 1. The third-order valence-corrected chi connectivity index (χ3v) is 8.06. The number of nitrogens with one attached hydrogen (secondary N) is 2. The zero-order chi connectivity index (χ0) is 21.8. The van der Waals surface area contributed by atoms with Crippen LogP contribution in [0.25, 0.3) is 16.3 Å². The van der Waals surface area contributed by atoms with E-state index in [0.717, 1.165) is 60.1 Å². The zero-order valence-corrected chi connectivity index (χ0v) is 19.5. The Bertz CT molecular complexity index is 1220. The highest BCUT2D eigenvalue weighted by Crippen LogP contribution is 2.45. The molecule has 1 saturated heterocycles. The molecule has 3 aliphatic rings. The fraction of sp³-hybridized carbons (Fsp3) is 0.458. The van der Waals surface area contributed by atoms with E-state index < -0.39 is 0 Å². The van der Waals surface area contributed by atoms with Crippen LogP contribution < -0.4 is 10.6 Å². The molecule has 2 aliphatic heterocycles. The number of hydrogen-bond donors (Lipinski definition) is 2. The van der Waals surface area contributed by atoms with Gasteiger partial charge in [-0.3, -0.25) is 4.90 Å². The van der Waals surface area contributed by atoms with Crippen molar-refractivity contribution in [2.75, 3.05) is 30.8 Å². The quantitative estimate of drug-likeness (QED) is 0.559. The Labute approximate surface area is 191 Å². The third-order valence-electron chi connectivity index (χ3n) is 6.90. The van der Waals surface area contributed by atoms with Gasteiger partial charge in [-0.15, -0.1) is 11.3 Å². The van der Waals surface area contributed by atoms with Crippen LogP contribution in [-0.4, -0.2) is 52.3 Å². The van der Waals surface area contributed by atoms with Crippen molar-refractivity contribution in [3.05, 3.63) is 40.2 Å². The fourth-order valence-corrected chi connectivity index (χ4v) is 6.27. The Balaban J connectivity index is 1.28. The summed E-state index contributed by atoms with van der Waals surface area (Å²) >= 11 is 1.82. The van der Waals surface area contributed by atoms with E-state index in [9.17, 15) is 0 Å². The maximum Gasteiger partial charge on any atom is 0.142 e. The van der Waals surface area contributed by atoms with Gasteiger partial charge in [-0.2, -0.15) is 0 Å². The predicted octanol–water partition coefficient (Wildman–Crippen LogP) is 4.44. The lowest BCUT2D eigenvalue weighted by Crippen LogP contribution is -2.27. The summed E-state index contributed by atoms with van der Waals surface area (Å²) in [5, 5.41) is 8.06. The van der Waals surface area contributed by atoms with Crippen molar-refractivity contribution < 1.29 is 4.74 Å². The monoisotopic (exact) mass is 448 g/mol. The molecule has 0 saturated carbocycles. The summed E-state index contributed by atoms with van der Waals surface area (Å²) in [7, 11) is 2.15. The Hall–Kier alpha value is -2.55. The molecule has 2 N–H and O–H groups in total. The minimum Gasteiger partial charge on any atom is -0.366 e. The number of pyridine rings is 1. The molecule has 166 valence electrons. The van der Waals surface area contributed by atoms with Gasteiger partial charge in [0.2, 0.25) is 0 Å². The fourth-order valence-electron chi connectivity index (χ4n) is 4.99. The van der Waals surface area contributed by atoms with Crippen molar-refractivity contribution in [3.8, 4) is 0 Å². The van der Waals surface area contributed by atoms with Crippen molar-refractivity contribution in [1.82, 2.24) is 19.9 Å². The van der Waals surface area contributed by atoms with Crippen LogP contribution in [0, 0.1) is 5.92 Å². The molecular weight excluding hydrogens is 420 g/mol. The molecule has 7 nitrogen and oxygen atoms in total. The smallest absolute Gasteiger partial charge is 0.142 e. The Morgan fingerprint density at radius 1 is 1.31 bits per heavy atom. The van der Waals surface area contributed by atoms with Crippen LogP contribution in [0.2, 0.25) is 0 Å². The van der Waals surface area contributed by atoms with Gasteiger partial charge in [-0.1, -0.05) is 18.6 Å². The van der Waals surface area contributed by atoms with Gasteiger partial charge >= 0.3 is 0 Å². The molecule has 0 spiro atoms. The summed E-state index contributed by atoms with van der Waals surface area (Å²) in [4.78, 5) is 18.6. The molecule has 3 aromatic heterocycles. The summed E-state index contributed by atoms with van der Waals surface area (Å²) in [5.74, 6) is 2.40. The van der Waals surface area contributed by atoms with E-state index in [1.165, 1.54) is 21.4 Å². The Morgan fingerprint density at radius 2 is 2.22 bits per heavy atom. The maximum absolute atomic E-state index is 6.03. The van der Waals surface area contributed by atoms with Crippen molar-refractivity contribution in [2.45, 2.75) is 45.4 Å². The molecule has 8 heteroatoms. The Morgan fingerprint density at radius 3 is 3.09 bits per heavy atom. The first-order valence-electron chi connectivity index (χ1n) is 11.4. The van der Waals surface area contributed by atoms with Crippen molar-refractivity contribution >= 4 is 45.0 Å². The van der Waals surface area contributed by atoms with E-state index in [0.29, 0.717) is 18.2 Å². The highest BCUT2D eigenvalue weighted by molar-refractivity contribution is 7.19. The van der Waals surface area contributed by atoms with Crippen molar-refractivity contribution in [2.24, 2.45) is 5.92 Å². The summed E-state index contributed by atoms with van der Waals surface area (Å²) in [6, 6.07) is 2.13. The van der Waals surface area contributed by atoms with E-state index in [2.05, 4.69) is 63.5 Å². The molecular formula is C24H28N6OS. The highest BCUT2D eigenvalue weighted by atomic mass is 32.1. The number of hydrogen-bond acceptors (Lipinski definition) is 8. The molecule has 6 rings (SSSR count). The number of likely N-dealkylation sites (N-methyl/N-ethyl adjacent to an activating group) is 1. The molecule has 0 radical (unpaired) electrons.